The molecule has 0 bridgehead atoms. The van der Waals surface area contributed by atoms with Crippen LogP contribution in [0.4, 0.5) is 10.5 Å². The van der Waals surface area contributed by atoms with E-state index in [-0.39, 0.29) is 6.03 Å². The molecule has 2 N–H and O–H groups in total. The molecule has 0 spiro atoms. The molecule has 0 unspecified atom stereocenters. The van der Waals surface area contributed by atoms with Gasteiger partial charge in [-0.3, -0.25) is 0 Å². The maximum absolute atomic E-state index is 12.3. The van der Waals surface area contributed by atoms with Gasteiger partial charge in [0.15, 0.2) is 0 Å². The Morgan fingerprint density at radius 1 is 1.03 bits per heavy atom. The van der Waals surface area contributed by atoms with Gasteiger partial charge in [-0.25, -0.2) is 4.79 Å². The summed E-state index contributed by atoms with van der Waals surface area (Å²) in [7, 11) is 0. The molecule has 180 valence electrons. The smallest absolute Gasteiger partial charge is 0.319 e. The number of anilines is 1. The van der Waals surface area contributed by atoms with Crippen LogP contribution in [0.15, 0.2) is 34.9 Å². The number of likely N-dealkylation sites (tertiary alicyclic amines) is 1. The lowest BCUT2D eigenvalue weighted by atomic mass is 10.0. The number of carbonyl (C=O) groups is 1. The van der Waals surface area contributed by atoms with Crippen LogP contribution >= 0.6 is 0 Å². The highest BCUT2D eigenvalue weighted by Crippen LogP contribution is 2.35. The van der Waals surface area contributed by atoms with E-state index in [0.29, 0.717) is 6.54 Å². The van der Waals surface area contributed by atoms with E-state index in [0.717, 1.165) is 76.1 Å². The Morgan fingerprint density at radius 3 is 2.38 bits per heavy atom. The third kappa shape index (κ3) is 5.59. The highest BCUT2D eigenvalue weighted by Gasteiger charge is 2.15. The average molecular weight is 463 g/mol. The Balaban J connectivity index is 1.44. The van der Waals surface area contributed by atoms with Crippen LogP contribution in [0.25, 0.3) is 11.1 Å². The molecule has 34 heavy (non-hydrogen) atoms. The van der Waals surface area contributed by atoms with E-state index in [1.54, 1.807) is 0 Å². The lowest BCUT2D eigenvalue weighted by molar-refractivity contribution is 0.249. The molecule has 2 aromatic carbocycles. The van der Waals surface area contributed by atoms with Crippen LogP contribution in [0.1, 0.15) is 41.0 Å². The maximum atomic E-state index is 12.3. The standard InChI is InChI=1S/C27H34N4O3/c1-17-12-22(25-20(4)30-34-21(25)5)16-24(13-17)33-26-18(2)14-23(15-19(26)3)29-27(32)28-8-11-31-9-6-7-10-31/h12-16H,6-11H2,1-5H3,(H2,28,29,32). The highest BCUT2D eigenvalue weighted by molar-refractivity contribution is 5.89. The molecule has 0 saturated carbocycles. The van der Waals surface area contributed by atoms with E-state index in [1.165, 1.54) is 12.8 Å². The van der Waals surface area contributed by atoms with Gasteiger partial charge in [0.25, 0.3) is 0 Å². The first-order chi connectivity index (χ1) is 16.3. The topological polar surface area (TPSA) is 79.6 Å². The predicted molar refractivity (Wildman–Crippen MR) is 135 cm³/mol. The molecule has 3 aromatic rings. The number of carbonyl (C=O) groups excluding carboxylic acids is 1. The minimum atomic E-state index is -0.186. The molecule has 7 nitrogen and oxygen atoms in total. The number of amides is 2. The minimum Gasteiger partial charge on any atom is -0.457 e. The number of rotatable bonds is 7. The molecular weight excluding hydrogens is 428 g/mol. The summed E-state index contributed by atoms with van der Waals surface area (Å²) in [6, 6.07) is 9.82. The summed E-state index contributed by atoms with van der Waals surface area (Å²) >= 11 is 0. The van der Waals surface area contributed by atoms with Crippen molar-refractivity contribution in [1.29, 1.82) is 0 Å². The third-order valence-electron chi connectivity index (χ3n) is 6.22. The van der Waals surface area contributed by atoms with Crippen molar-refractivity contribution in [3.05, 3.63) is 58.5 Å². The number of hydrogen-bond donors (Lipinski definition) is 2. The van der Waals surface area contributed by atoms with Gasteiger partial charge in [-0.05, 0) is 107 Å². The van der Waals surface area contributed by atoms with E-state index < -0.39 is 0 Å². The Morgan fingerprint density at radius 2 is 1.74 bits per heavy atom. The minimum absolute atomic E-state index is 0.186. The molecule has 1 aliphatic rings. The van der Waals surface area contributed by atoms with E-state index in [2.05, 4.69) is 26.8 Å². The summed E-state index contributed by atoms with van der Waals surface area (Å²) in [6.07, 6.45) is 2.51. The maximum Gasteiger partial charge on any atom is 0.319 e. The lowest BCUT2D eigenvalue weighted by Crippen LogP contribution is -2.35. The number of aromatic nitrogens is 1. The molecule has 1 fully saturated rings. The fraction of sp³-hybridized carbons (Fsp3) is 0.407. The summed E-state index contributed by atoms with van der Waals surface area (Å²) in [5.41, 5.74) is 6.62. The summed E-state index contributed by atoms with van der Waals surface area (Å²) in [5, 5.41) is 9.98. The SMILES string of the molecule is Cc1cc(Oc2c(C)cc(NC(=O)NCCN3CCCC3)cc2C)cc(-c2c(C)noc2C)c1. The number of aryl methyl sites for hydroxylation is 5. The first-order valence-corrected chi connectivity index (χ1v) is 11.9. The first-order valence-electron chi connectivity index (χ1n) is 11.9. The molecule has 4 rings (SSSR count). The molecule has 1 aliphatic heterocycles. The summed E-state index contributed by atoms with van der Waals surface area (Å²) < 4.78 is 11.7. The quantitative estimate of drug-likeness (QED) is 0.457. The molecule has 0 radical (unpaired) electrons. The van der Waals surface area contributed by atoms with Crippen LogP contribution in [0.3, 0.4) is 0 Å². The van der Waals surface area contributed by atoms with Gasteiger partial charge in [0.2, 0.25) is 0 Å². The Hall–Kier alpha value is -3.32. The van der Waals surface area contributed by atoms with Crippen molar-refractivity contribution in [2.75, 3.05) is 31.5 Å². The molecule has 0 aliphatic carbocycles. The van der Waals surface area contributed by atoms with Gasteiger partial charge >= 0.3 is 6.03 Å². The van der Waals surface area contributed by atoms with Gasteiger partial charge in [0.05, 0.1) is 5.69 Å². The van der Waals surface area contributed by atoms with Crippen molar-refractivity contribution < 1.29 is 14.1 Å². The van der Waals surface area contributed by atoms with Crippen LogP contribution in [0.5, 0.6) is 11.5 Å². The van der Waals surface area contributed by atoms with Crippen LogP contribution < -0.4 is 15.4 Å². The van der Waals surface area contributed by atoms with Crippen molar-refractivity contribution in [1.82, 2.24) is 15.4 Å². The molecular formula is C27H34N4O3. The Kier molecular flexibility index (Phi) is 7.22. The Bertz CT molecular complexity index is 1140. The lowest BCUT2D eigenvalue weighted by Gasteiger charge is -2.17. The number of hydrogen-bond acceptors (Lipinski definition) is 5. The monoisotopic (exact) mass is 462 g/mol. The number of urea groups is 1. The summed E-state index contributed by atoms with van der Waals surface area (Å²) in [5.74, 6) is 2.33. The summed E-state index contributed by atoms with van der Waals surface area (Å²) in [6.45, 7) is 13.7. The molecule has 1 saturated heterocycles. The van der Waals surface area contributed by atoms with Crippen LogP contribution in [-0.2, 0) is 0 Å². The van der Waals surface area contributed by atoms with Crippen molar-refractivity contribution >= 4 is 11.7 Å². The normalized spacial score (nSPS) is 13.8. The number of benzene rings is 2. The van der Waals surface area contributed by atoms with E-state index in [1.807, 2.05) is 58.9 Å². The van der Waals surface area contributed by atoms with Crippen LogP contribution in [0, 0.1) is 34.6 Å². The largest absolute Gasteiger partial charge is 0.457 e. The molecule has 2 heterocycles. The van der Waals surface area contributed by atoms with Gasteiger partial charge in [0.1, 0.15) is 17.3 Å². The highest BCUT2D eigenvalue weighted by atomic mass is 16.5. The van der Waals surface area contributed by atoms with Crippen molar-refractivity contribution in [2.24, 2.45) is 0 Å². The third-order valence-corrected chi connectivity index (χ3v) is 6.22. The number of ether oxygens (including phenoxy) is 1. The molecule has 1 aromatic heterocycles. The van der Waals surface area contributed by atoms with Gasteiger partial charge in [-0.1, -0.05) is 11.2 Å². The predicted octanol–water partition coefficient (Wildman–Crippen LogP) is 5.89. The second-order valence-electron chi connectivity index (χ2n) is 9.20. The van der Waals surface area contributed by atoms with Gasteiger partial charge < -0.3 is 24.8 Å². The van der Waals surface area contributed by atoms with E-state index >= 15 is 0 Å². The fourth-order valence-corrected chi connectivity index (χ4v) is 4.66. The number of nitrogens with zero attached hydrogens (tertiary/aromatic N) is 2. The second-order valence-corrected chi connectivity index (χ2v) is 9.20. The summed E-state index contributed by atoms with van der Waals surface area (Å²) in [4.78, 5) is 14.7. The van der Waals surface area contributed by atoms with Gasteiger partial charge in [-0.2, -0.15) is 0 Å². The van der Waals surface area contributed by atoms with Crippen LogP contribution in [-0.4, -0.2) is 42.3 Å². The average Bonchev–Trinajstić information content (AvgIpc) is 3.40. The van der Waals surface area contributed by atoms with Gasteiger partial charge in [0, 0.05) is 24.3 Å². The molecule has 7 heteroatoms. The zero-order valence-corrected chi connectivity index (χ0v) is 20.7. The second kappa shape index (κ2) is 10.3. The van der Waals surface area contributed by atoms with Crippen LogP contribution in [0.2, 0.25) is 0 Å². The zero-order chi connectivity index (χ0) is 24.2. The Labute approximate surface area is 201 Å². The fourth-order valence-electron chi connectivity index (χ4n) is 4.66. The van der Waals surface area contributed by atoms with Crippen molar-refractivity contribution in [2.45, 2.75) is 47.5 Å². The number of nitrogens with one attached hydrogen (secondary N) is 2. The molecule has 2 amide bonds. The van der Waals surface area contributed by atoms with E-state index in [4.69, 9.17) is 9.26 Å². The van der Waals surface area contributed by atoms with Crippen molar-refractivity contribution in [3.63, 3.8) is 0 Å². The van der Waals surface area contributed by atoms with Gasteiger partial charge in [-0.15, -0.1) is 0 Å². The van der Waals surface area contributed by atoms with E-state index in [9.17, 15) is 4.79 Å². The zero-order valence-electron chi connectivity index (χ0n) is 20.7. The molecule has 0 atom stereocenters. The van der Waals surface area contributed by atoms with Crippen molar-refractivity contribution in [3.8, 4) is 22.6 Å². The first kappa shape index (κ1) is 23.8.